The van der Waals surface area contributed by atoms with Gasteiger partial charge in [-0.05, 0) is 80.4 Å². The van der Waals surface area contributed by atoms with Crippen molar-refractivity contribution in [2.75, 3.05) is 0 Å². The molecule has 250 valence electrons. The number of nitrogens with zero attached hydrogens (tertiary/aromatic N) is 4. The normalized spacial score (nSPS) is 15.3. The van der Waals surface area contributed by atoms with Crippen LogP contribution in [0.25, 0.3) is 77.3 Å². The average molecular weight is 705 g/mol. The Morgan fingerprint density at radius 1 is 0.370 bits per heavy atom. The molecule has 10 aromatic rings. The van der Waals surface area contributed by atoms with Crippen LogP contribution in [-0.4, -0.2) is 28.0 Å². The van der Waals surface area contributed by atoms with E-state index in [-0.39, 0.29) is 0 Å². The van der Waals surface area contributed by atoms with E-state index in [4.69, 9.17) is 24.7 Å². The Balaban J connectivity index is 1.12. The van der Waals surface area contributed by atoms with E-state index in [0.717, 1.165) is 77.6 Å². The van der Waals surface area contributed by atoms with Crippen molar-refractivity contribution >= 4 is 72.4 Å². The van der Waals surface area contributed by atoms with Crippen molar-refractivity contribution in [2.24, 2.45) is 0 Å². The minimum atomic E-state index is -2.93. The quantitative estimate of drug-likeness (QED) is 0.133. The minimum absolute atomic E-state index is 0.895. The van der Waals surface area contributed by atoms with Gasteiger partial charge in [0.15, 0.2) is 8.07 Å². The molecule has 0 N–H and O–H groups in total. The van der Waals surface area contributed by atoms with Crippen LogP contribution in [0.15, 0.2) is 170 Å². The standard InChI is InChI=1S/C48H28N4OSi/c1-3-11-41-35(9-1)36-21-17-33(37-22-18-31-15-13-29-7-5-25-49-45(29)47(31)51-37)27-43(36)54(41)42-12-4-2-10-39(42)53-40-24-20-34(28-44(40)54)38-23-19-32-16-14-30-8-6-26-50-46(30)48(32)52-38/h1-28H. The van der Waals surface area contributed by atoms with Gasteiger partial charge in [0.25, 0.3) is 0 Å². The van der Waals surface area contributed by atoms with Gasteiger partial charge >= 0.3 is 0 Å². The number of para-hydroxylation sites is 1. The fraction of sp³-hybridized carbons (Fsp3) is 0. The van der Waals surface area contributed by atoms with Gasteiger partial charge < -0.3 is 4.74 Å². The molecule has 2 aliphatic heterocycles. The molecule has 0 saturated heterocycles. The first-order chi connectivity index (χ1) is 26.7. The summed E-state index contributed by atoms with van der Waals surface area (Å²) < 4.78 is 6.80. The fourth-order valence-electron chi connectivity index (χ4n) is 8.99. The molecule has 1 unspecified atom stereocenters. The number of benzene rings is 6. The molecule has 1 spiro atoms. The first-order valence-corrected chi connectivity index (χ1v) is 20.2. The SMILES string of the molecule is c1ccc2c(c1)Oc1ccc(-c3ccc4ccc5cccnc5c4n3)cc1[Si]21c2ccccc2-c2ccc(-c3ccc4ccc5cccnc5c4n3)cc21. The second-order valence-corrected chi connectivity index (χ2v) is 17.8. The van der Waals surface area contributed by atoms with Crippen molar-refractivity contribution in [1.29, 1.82) is 0 Å². The highest BCUT2D eigenvalue weighted by Gasteiger charge is 2.53. The van der Waals surface area contributed by atoms with Crippen molar-refractivity contribution in [3.8, 4) is 45.1 Å². The third kappa shape index (κ3) is 4.03. The topological polar surface area (TPSA) is 60.8 Å². The molecule has 1 atom stereocenters. The number of pyridine rings is 4. The zero-order chi connectivity index (χ0) is 35.4. The lowest BCUT2D eigenvalue weighted by Gasteiger charge is -2.37. The van der Waals surface area contributed by atoms with E-state index in [9.17, 15) is 0 Å². The maximum Gasteiger partial charge on any atom is 0.189 e. The highest BCUT2D eigenvalue weighted by Crippen LogP contribution is 2.39. The molecule has 5 nitrogen and oxygen atoms in total. The molecule has 4 aromatic heterocycles. The lowest BCUT2D eigenvalue weighted by atomic mass is 10.0. The van der Waals surface area contributed by atoms with Crippen LogP contribution in [0.3, 0.4) is 0 Å². The molecule has 0 amide bonds. The van der Waals surface area contributed by atoms with Crippen LogP contribution in [-0.2, 0) is 0 Å². The molecular formula is C48H28N4OSi. The average Bonchev–Trinajstić information content (AvgIpc) is 3.53. The van der Waals surface area contributed by atoms with Gasteiger partial charge in [-0.2, -0.15) is 0 Å². The molecule has 6 aromatic carbocycles. The van der Waals surface area contributed by atoms with Gasteiger partial charge in [-0.15, -0.1) is 0 Å². The van der Waals surface area contributed by atoms with E-state index < -0.39 is 8.07 Å². The summed E-state index contributed by atoms with van der Waals surface area (Å²) >= 11 is 0. The van der Waals surface area contributed by atoms with Gasteiger partial charge in [-0.25, -0.2) is 9.97 Å². The van der Waals surface area contributed by atoms with Crippen LogP contribution in [0.5, 0.6) is 11.5 Å². The molecule has 0 radical (unpaired) electrons. The van der Waals surface area contributed by atoms with E-state index in [1.165, 1.54) is 31.9 Å². The van der Waals surface area contributed by atoms with E-state index in [2.05, 4.69) is 146 Å². The van der Waals surface area contributed by atoms with Gasteiger partial charge in [-0.1, -0.05) is 109 Å². The third-order valence-corrected chi connectivity index (χ3v) is 16.3. The first-order valence-electron chi connectivity index (χ1n) is 18.2. The number of rotatable bonds is 2. The molecule has 0 bridgehead atoms. The summed E-state index contributed by atoms with van der Waals surface area (Å²) in [5.74, 6) is 1.81. The summed E-state index contributed by atoms with van der Waals surface area (Å²) in [5, 5.41) is 9.50. The number of aromatic nitrogens is 4. The van der Waals surface area contributed by atoms with Gasteiger partial charge in [0.05, 0.1) is 33.5 Å². The summed E-state index contributed by atoms with van der Waals surface area (Å²) in [7, 11) is -2.93. The highest BCUT2D eigenvalue weighted by atomic mass is 28.3. The maximum absolute atomic E-state index is 6.80. The number of fused-ring (bicyclic) bond motifs is 15. The summed E-state index contributed by atoms with van der Waals surface area (Å²) in [5.41, 5.74) is 10.2. The monoisotopic (exact) mass is 704 g/mol. The molecule has 6 heterocycles. The zero-order valence-electron chi connectivity index (χ0n) is 28.9. The molecule has 0 saturated carbocycles. The second kappa shape index (κ2) is 11.0. The van der Waals surface area contributed by atoms with Crippen molar-refractivity contribution in [2.45, 2.75) is 0 Å². The largest absolute Gasteiger partial charge is 0.458 e. The Morgan fingerprint density at radius 3 is 1.57 bits per heavy atom. The fourth-order valence-corrected chi connectivity index (χ4v) is 14.4. The van der Waals surface area contributed by atoms with Crippen LogP contribution in [0.2, 0.25) is 0 Å². The van der Waals surface area contributed by atoms with Gasteiger partial charge in [0.1, 0.15) is 11.5 Å². The van der Waals surface area contributed by atoms with E-state index in [1.54, 1.807) is 0 Å². The lowest BCUT2D eigenvalue weighted by Crippen LogP contribution is -2.74. The molecule has 0 fully saturated rings. The summed E-state index contributed by atoms with van der Waals surface area (Å²) in [6, 6.07) is 56.5. The van der Waals surface area contributed by atoms with Gasteiger partial charge in [-0.3, -0.25) is 9.97 Å². The van der Waals surface area contributed by atoms with Crippen LogP contribution in [0.1, 0.15) is 0 Å². The lowest BCUT2D eigenvalue weighted by molar-refractivity contribution is 0.487. The van der Waals surface area contributed by atoms with E-state index >= 15 is 0 Å². The number of ether oxygens (including phenoxy) is 1. The Morgan fingerprint density at radius 2 is 0.889 bits per heavy atom. The molecular weight excluding hydrogens is 677 g/mol. The third-order valence-electron chi connectivity index (χ3n) is 11.4. The van der Waals surface area contributed by atoms with E-state index in [1.807, 2.05) is 24.5 Å². The Bertz CT molecular complexity index is 3230. The predicted molar refractivity (Wildman–Crippen MR) is 221 cm³/mol. The summed E-state index contributed by atoms with van der Waals surface area (Å²) in [4.78, 5) is 20.0. The van der Waals surface area contributed by atoms with Crippen molar-refractivity contribution in [3.63, 3.8) is 0 Å². The first kappa shape index (κ1) is 29.5. The van der Waals surface area contributed by atoms with Crippen molar-refractivity contribution in [1.82, 2.24) is 19.9 Å². The maximum atomic E-state index is 6.80. The van der Waals surface area contributed by atoms with Crippen molar-refractivity contribution < 1.29 is 4.74 Å². The van der Waals surface area contributed by atoms with Gasteiger partial charge in [0.2, 0.25) is 0 Å². The molecule has 2 aliphatic rings. The second-order valence-electron chi connectivity index (χ2n) is 14.2. The van der Waals surface area contributed by atoms with Crippen LogP contribution in [0.4, 0.5) is 0 Å². The van der Waals surface area contributed by atoms with E-state index in [0.29, 0.717) is 0 Å². The summed E-state index contributed by atoms with van der Waals surface area (Å²) in [6.45, 7) is 0. The predicted octanol–water partition coefficient (Wildman–Crippen LogP) is 8.68. The van der Waals surface area contributed by atoms with Gasteiger partial charge in [0, 0.05) is 45.1 Å². The number of hydrogen-bond acceptors (Lipinski definition) is 5. The van der Waals surface area contributed by atoms with Crippen LogP contribution in [0, 0.1) is 0 Å². The molecule has 0 aliphatic carbocycles. The Hall–Kier alpha value is -7.02. The molecule has 6 heteroatoms. The summed E-state index contributed by atoms with van der Waals surface area (Å²) in [6.07, 6.45) is 3.69. The Kier molecular flexibility index (Phi) is 6.01. The Labute approximate surface area is 311 Å². The van der Waals surface area contributed by atoms with Crippen LogP contribution >= 0.6 is 0 Å². The molecule has 12 rings (SSSR count). The van der Waals surface area contributed by atoms with Crippen LogP contribution < -0.4 is 25.5 Å². The van der Waals surface area contributed by atoms with Crippen molar-refractivity contribution in [3.05, 3.63) is 170 Å². The highest BCUT2D eigenvalue weighted by molar-refractivity contribution is 7.23. The smallest absolute Gasteiger partial charge is 0.189 e. The number of hydrogen-bond donors (Lipinski definition) is 0. The zero-order valence-corrected chi connectivity index (χ0v) is 29.9. The molecule has 54 heavy (non-hydrogen) atoms. The minimum Gasteiger partial charge on any atom is -0.458 e.